The van der Waals surface area contributed by atoms with E-state index in [0.29, 0.717) is 0 Å². The number of halogens is 1. The second-order valence-electron chi connectivity index (χ2n) is 3.89. The van der Waals surface area contributed by atoms with Crippen molar-refractivity contribution in [2.24, 2.45) is 0 Å². The number of carbonyl (C=O) groups excluding carboxylic acids is 1. The molecule has 0 bridgehead atoms. The molecule has 0 unspecified atom stereocenters. The predicted octanol–water partition coefficient (Wildman–Crippen LogP) is 2.31. The fourth-order valence-electron chi connectivity index (χ4n) is 2.07. The van der Waals surface area contributed by atoms with Gasteiger partial charge in [0.1, 0.15) is 6.04 Å². The zero-order chi connectivity index (χ0) is 11.5. The number of hydrogen-bond acceptors (Lipinski definition) is 3. The van der Waals surface area contributed by atoms with E-state index >= 15 is 0 Å². The van der Waals surface area contributed by atoms with Gasteiger partial charge in [-0.3, -0.25) is 10.1 Å². The molecule has 16 heavy (non-hydrogen) atoms. The van der Waals surface area contributed by atoms with Crippen molar-refractivity contribution >= 4 is 17.6 Å². The minimum absolute atomic E-state index is 0.151. The topological polar surface area (TPSA) is 38.3 Å². The Kier molecular flexibility index (Phi) is 3.46. The van der Waals surface area contributed by atoms with Crippen LogP contribution >= 0.6 is 11.6 Å². The lowest BCUT2D eigenvalue weighted by Gasteiger charge is -2.14. The molecule has 1 aliphatic heterocycles. The van der Waals surface area contributed by atoms with Gasteiger partial charge in [-0.25, -0.2) is 0 Å². The highest BCUT2D eigenvalue weighted by molar-refractivity contribution is 6.31. The minimum Gasteiger partial charge on any atom is -0.468 e. The number of nitrogens with one attached hydrogen (secondary N) is 1. The zero-order valence-electron chi connectivity index (χ0n) is 9.07. The van der Waals surface area contributed by atoms with Gasteiger partial charge in [-0.1, -0.05) is 29.8 Å². The van der Waals surface area contributed by atoms with E-state index in [1.165, 1.54) is 7.11 Å². The number of esters is 1. The molecular weight excluding hydrogens is 226 g/mol. The van der Waals surface area contributed by atoms with Gasteiger partial charge in [0.25, 0.3) is 0 Å². The zero-order valence-corrected chi connectivity index (χ0v) is 9.83. The summed E-state index contributed by atoms with van der Waals surface area (Å²) in [5.41, 5.74) is 1.05. The maximum absolute atomic E-state index is 11.4. The molecule has 1 heterocycles. The summed E-state index contributed by atoms with van der Waals surface area (Å²) in [7, 11) is 1.41. The van der Waals surface area contributed by atoms with Crippen LogP contribution in [0, 0.1) is 0 Å². The SMILES string of the molecule is COC(=O)[C@@H]1CC[C@H](c2ccccc2Cl)N1. The Morgan fingerprint density at radius 2 is 2.19 bits per heavy atom. The summed E-state index contributed by atoms with van der Waals surface area (Å²) in [5, 5.41) is 3.98. The first-order chi connectivity index (χ1) is 7.72. The second-order valence-corrected chi connectivity index (χ2v) is 4.30. The molecule has 4 heteroatoms. The lowest BCUT2D eigenvalue weighted by molar-refractivity contribution is -0.142. The third kappa shape index (κ3) is 2.20. The number of rotatable bonds is 2. The summed E-state index contributed by atoms with van der Waals surface area (Å²) in [6, 6.07) is 7.65. The van der Waals surface area contributed by atoms with E-state index in [2.05, 4.69) is 5.32 Å². The molecule has 0 radical (unpaired) electrons. The van der Waals surface area contributed by atoms with E-state index in [0.717, 1.165) is 23.4 Å². The van der Waals surface area contributed by atoms with Crippen LogP contribution in [-0.2, 0) is 9.53 Å². The standard InChI is InChI=1S/C12H14ClNO2/c1-16-12(15)11-7-6-10(14-11)8-4-2-3-5-9(8)13/h2-5,10-11,14H,6-7H2,1H3/t10-,11+/m1/s1. The van der Waals surface area contributed by atoms with Crippen LogP contribution in [-0.4, -0.2) is 19.1 Å². The molecule has 3 nitrogen and oxygen atoms in total. The van der Waals surface area contributed by atoms with Gasteiger partial charge in [0.15, 0.2) is 0 Å². The van der Waals surface area contributed by atoms with Crippen molar-refractivity contribution in [1.29, 1.82) is 0 Å². The highest BCUT2D eigenvalue weighted by Crippen LogP contribution is 2.31. The molecule has 1 aromatic rings. The molecule has 1 aliphatic rings. The first kappa shape index (κ1) is 11.4. The highest BCUT2D eigenvalue weighted by atomic mass is 35.5. The van der Waals surface area contributed by atoms with Crippen LogP contribution in [0.25, 0.3) is 0 Å². The summed E-state index contributed by atoms with van der Waals surface area (Å²) in [6.45, 7) is 0. The van der Waals surface area contributed by atoms with Gasteiger partial charge in [-0.15, -0.1) is 0 Å². The average Bonchev–Trinajstić information content (AvgIpc) is 2.78. The molecule has 0 aliphatic carbocycles. The van der Waals surface area contributed by atoms with Gasteiger partial charge in [-0.05, 0) is 24.5 Å². The Balaban J connectivity index is 2.09. The molecule has 1 saturated heterocycles. The summed E-state index contributed by atoms with van der Waals surface area (Å²) >= 11 is 6.11. The largest absolute Gasteiger partial charge is 0.468 e. The van der Waals surface area contributed by atoms with Crippen molar-refractivity contribution in [2.45, 2.75) is 24.9 Å². The normalized spacial score (nSPS) is 24.4. The number of ether oxygens (including phenoxy) is 1. The molecule has 0 aromatic heterocycles. The molecule has 1 aromatic carbocycles. The number of hydrogen-bond donors (Lipinski definition) is 1. The monoisotopic (exact) mass is 239 g/mol. The Morgan fingerprint density at radius 1 is 1.44 bits per heavy atom. The number of benzene rings is 1. The smallest absolute Gasteiger partial charge is 0.322 e. The molecular formula is C12H14ClNO2. The fraction of sp³-hybridized carbons (Fsp3) is 0.417. The van der Waals surface area contributed by atoms with Crippen LogP contribution in [0.1, 0.15) is 24.4 Å². The molecule has 1 N–H and O–H groups in total. The molecule has 2 atom stereocenters. The van der Waals surface area contributed by atoms with E-state index in [1.807, 2.05) is 24.3 Å². The van der Waals surface area contributed by atoms with Crippen molar-refractivity contribution in [3.8, 4) is 0 Å². The molecule has 0 saturated carbocycles. The minimum atomic E-state index is -0.203. The average molecular weight is 240 g/mol. The summed E-state index contributed by atoms with van der Waals surface area (Å²) in [6.07, 6.45) is 1.70. The van der Waals surface area contributed by atoms with Gasteiger partial charge in [0.2, 0.25) is 0 Å². The van der Waals surface area contributed by atoms with E-state index < -0.39 is 0 Å². The van der Waals surface area contributed by atoms with Crippen molar-refractivity contribution < 1.29 is 9.53 Å². The van der Waals surface area contributed by atoms with Crippen molar-refractivity contribution in [3.05, 3.63) is 34.9 Å². The molecule has 2 rings (SSSR count). The van der Waals surface area contributed by atoms with E-state index in [4.69, 9.17) is 16.3 Å². The number of carbonyl (C=O) groups is 1. The predicted molar refractivity (Wildman–Crippen MR) is 62.4 cm³/mol. The van der Waals surface area contributed by atoms with Gasteiger partial charge in [-0.2, -0.15) is 0 Å². The first-order valence-corrected chi connectivity index (χ1v) is 5.68. The van der Waals surface area contributed by atoms with Crippen molar-refractivity contribution in [3.63, 3.8) is 0 Å². The van der Waals surface area contributed by atoms with E-state index in [9.17, 15) is 4.79 Å². The summed E-state index contributed by atoms with van der Waals surface area (Å²) in [5.74, 6) is -0.199. The maximum atomic E-state index is 11.4. The summed E-state index contributed by atoms with van der Waals surface area (Å²) in [4.78, 5) is 11.4. The maximum Gasteiger partial charge on any atom is 0.322 e. The van der Waals surface area contributed by atoms with Crippen LogP contribution in [0.5, 0.6) is 0 Å². The van der Waals surface area contributed by atoms with Gasteiger partial charge >= 0.3 is 5.97 Å². The Bertz CT molecular complexity index is 394. The number of methoxy groups -OCH3 is 1. The van der Waals surface area contributed by atoms with Crippen LogP contribution < -0.4 is 5.32 Å². The molecule has 0 amide bonds. The lowest BCUT2D eigenvalue weighted by Crippen LogP contribution is -2.33. The summed E-state index contributed by atoms with van der Waals surface area (Å²) < 4.78 is 4.71. The molecule has 0 spiro atoms. The van der Waals surface area contributed by atoms with Gasteiger partial charge in [0.05, 0.1) is 7.11 Å². The van der Waals surface area contributed by atoms with Crippen LogP contribution in [0.15, 0.2) is 24.3 Å². The fourth-order valence-corrected chi connectivity index (χ4v) is 2.34. The van der Waals surface area contributed by atoms with Crippen LogP contribution in [0.4, 0.5) is 0 Å². The Morgan fingerprint density at radius 3 is 2.88 bits per heavy atom. The highest BCUT2D eigenvalue weighted by Gasteiger charge is 2.31. The van der Waals surface area contributed by atoms with E-state index in [-0.39, 0.29) is 18.1 Å². The van der Waals surface area contributed by atoms with Gasteiger partial charge in [0, 0.05) is 11.1 Å². The molecule has 1 fully saturated rings. The lowest BCUT2D eigenvalue weighted by atomic mass is 10.1. The quantitative estimate of drug-likeness (QED) is 0.805. The third-order valence-corrected chi connectivity index (χ3v) is 3.26. The van der Waals surface area contributed by atoms with Crippen LogP contribution in [0.3, 0.4) is 0 Å². The van der Waals surface area contributed by atoms with Crippen molar-refractivity contribution in [2.75, 3.05) is 7.11 Å². The third-order valence-electron chi connectivity index (χ3n) is 2.91. The Labute approximate surface area is 99.7 Å². The molecule has 86 valence electrons. The van der Waals surface area contributed by atoms with Crippen LogP contribution in [0.2, 0.25) is 5.02 Å². The Hall–Kier alpha value is -1.06. The van der Waals surface area contributed by atoms with Crippen molar-refractivity contribution in [1.82, 2.24) is 5.32 Å². The van der Waals surface area contributed by atoms with E-state index in [1.54, 1.807) is 0 Å². The second kappa shape index (κ2) is 4.85. The first-order valence-electron chi connectivity index (χ1n) is 5.30. The van der Waals surface area contributed by atoms with Gasteiger partial charge < -0.3 is 4.74 Å².